The standard InChI is InChI=1S/C19H23N3O3S/c1-13-4-6-16(10-14(13)2)21-19(23)15-5-7-18(20-11-15)22(3)17-8-9-26(24,25)12-17/h4-7,10-11,17H,8-9,12H2,1-3H3,(H,21,23). The molecule has 0 bridgehead atoms. The van der Waals surface area contributed by atoms with Crippen molar-refractivity contribution in [3.8, 4) is 0 Å². The Balaban J connectivity index is 1.68. The topological polar surface area (TPSA) is 79.4 Å². The van der Waals surface area contributed by atoms with Crippen LogP contribution in [0.4, 0.5) is 11.5 Å². The van der Waals surface area contributed by atoms with Crippen LogP contribution in [-0.2, 0) is 9.84 Å². The number of rotatable bonds is 4. The fraction of sp³-hybridized carbons (Fsp3) is 0.368. The van der Waals surface area contributed by atoms with Gasteiger partial charge in [0, 0.05) is 25.0 Å². The molecule has 2 heterocycles. The van der Waals surface area contributed by atoms with Crippen LogP contribution in [0.25, 0.3) is 0 Å². The molecule has 1 fully saturated rings. The number of anilines is 2. The predicted molar refractivity (Wildman–Crippen MR) is 104 cm³/mol. The summed E-state index contributed by atoms with van der Waals surface area (Å²) in [4.78, 5) is 18.6. The number of hydrogen-bond acceptors (Lipinski definition) is 5. The number of nitrogens with one attached hydrogen (secondary N) is 1. The quantitative estimate of drug-likeness (QED) is 0.891. The van der Waals surface area contributed by atoms with Gasteiger partial charge < -0.3 is 10.2 Å². The van der Waals surface area contributed by atoms with E-state index in [2.05, 4.69) is 10.3 Å². The van der Waals surface area contributed by atoms with Crippen LogP contribution in [0.3, 0.4) is 0 Å². The van der Waals surface area contributed by atoms with Gasteiger partial charge in [0.2, 0.25) is 0 Å². The molecule has 1 aliphatic rings. The lowest BCUT2D eigenvalue weighted by Gasteiger charge is -2.24. The molecule has 1 N–H and O–H groups in total. The maximum atomic E-state index is 12.4. The predicted octanol–water partition coefficient (Wildman–Crippen LogP) is 2.57. The molecular formula is C19H23N3O3S. The minimum Gasteiger partial charge on any atom is -0.356 e. The molecular weight excluding hydrogens is 350 g/mol. The maximum Gasteiger partial charge on any atom is 0.257 e. The Morgan fingerprint density at radius 3 is 2.54 bits per heavy atom. The Labute approximate surface area is 154 Å². The van der Waals surface area contributed by atoms with E-state index in [-0.39, 0.29) is 23.5 Å². The SMILES string of the molecule is Cc1ccc(NC(=O)c2ccc(N(C)C3CCS(=O)(=O)C3)nc2)cc1C. The average molecular weight is 373 g/mol. The number of benzene rings is 1. The third-order valence-corrected chi connectivity index (χ3v) is 6.64. The summed E-state index contributed by atoms with van der Waals surface area (Å²) in [6.45, 7) is 4.02. The lowest BCUT2D eigenvalue weighted by molar-refractivity contribution is 0.102. The Morgan fingerprint density at radius 1 is 1.19 bits per heavy atom. The second-order valence-corrected chi connectivity index (χ2v) is 9.05. The van der Waals surface area contributed by atoms with E-state index in [0.29, 0.717) is 17.8 Å². The molecule has 1 saturated heterocycles. The summed E-state index contributed by atoms with van der Waals surface area (Å²) in [5.41, 5.74) is 3.49. The molecule has 0 saturated carbocycles. The highest BCUT2D eigenvalue weighted by molar-refractivity contribution is 7.91. The van der Waals surface area contributed by atoms with Gasteiger partial charge in [-0.15, -0.1) is 0 Å². The Morgan fingerprint density at radius 2 is 1.96 bits per heavy atom. The molecule has 138 valence electrons. The van der Waals surface area contributed by atoms with Gasteiger partial charge in [-0.3, -0.25) is 4.79 Å². The zero-order chi connectivity index (χ0) is 18.9. The van der Waals surface area contributed by atoms with Crippen LogP contribution in [-0.4, -0.2) is 43.9 Å². The molecule has 6 nitrogen and oxygen atoms in total. The normalized spacial score (nSPS) is 18.5. The van der Waals surface area contributed by atoms with E-state index in [1.165, 1.54) is 11.8 Å². The molecule has 1 aliphatic heterocycles. The molecule has 1 amide bonds. The van der Waals surface area contributed by atoms with Gasteiger partial charge in [-0.25, -0.2) is 13.4 Å². The van der Waals surface area contributed by atoms with Crippen LogP contribution in [0.2, 0.25) is 0 Å². The molecule has 1 aromatic carbocycles. The highest BCUT2D eigenvalue weighted by Gasteiger charge is 2.31. The van der Waals surface area contributed by atoms with Gasteiger partial charge in [0.15, 0.2) is 9.84 Å². The first-order chi connectivity index (χ1) is 12.2. The zero-order valence-corrected chi connectivity index (χ0v) is 16.0. The number of nitrogens with zero attached hydrogens (tertiary/aromatic N) is 2. The molecule has 0 radical (unpaired) electrons. The van der Waals surface area contributed by atoms with Gasteiger partial charge in [-0.1, -0.05) is 6.07 Å². The number of aryl methyl sites for hydroxylation is 2. The van der Waals surface area contributed by atoms with Gasteiger partial charge >= 0.3 is 0 Å². The van der Waals surface area contributed by atoms with Crippen molar-refractivity contribution in [2.24, 2.45) is 0 Å². The zero-order valence-electron chi connectivity index (χ0n) is 15.2. The van der Waals surface area contributed by atoms with Crippen molar-refractivity contribution in [3.05, 3.63) is 53.2 Å². The second-order valence-electron chi connectivity index (χ2n) is 6.83. The average Bonchev–Trinajstić information content (AvgIpc) is 2.97. The first-order valence-corrected chi connectivity index (χ1v) is 10.4. The van der Waals surface area contributed by atoms with Crippen molar-refractivity contribution < 1.29 is 13.2 Å². The summed E-state index contributed by atoms with van der Waals surface area (Å²) in [6.07, 6.45) is 2.13. The van der Waals surface area contributed by atoms with Gasteiger partial charge in [0.1, 0.15) is 5.82 Å². The molecule has 0 aliphatic carbocycles. The summed E-state index contributed by atoms with van der Waals surface area (Å²) >= 11 is 0. The van der Waals surface area contributed by atoms with Crippen molar-refractivity contribution in [1.29, 1.82) is 0 Å². The van der Waals surface area contributed by atoms with E-state index in [9.17, 15) is 13.2 Å². The molecule has 0 spiro atoms. The second kappa shape index (κ2) is 7.07. The van der Waals surface area contributed by atoms with Crippen molar-refractivity contribution in [2.45, 2.75) is 26.3 Å². The lowest BCUT2D eigenvalue weighted by atomic mass is 10.1. The van der Waals surface area contributed by atoms with E-state index in [0.717, 1.165) is 11.3 Å². The molecule has 7 heteroatoms. The summed E-state index contributed by atoms with van der Waals surface area (Å²) in [5, 5.41) is 2.87. The number of amides is 1. The van der Waals surface area contributed by atoms with Crippen LogP contribution < -0.4 is 10.2 Å². The van der Waals surface area contributed by atoms with Crippen LogP contribution in [0.1, 0.15) is 27.9 Å². The van der Waals surface area contributed by atoms with Crippen molar-refractivity contribution in [3.63, 3.8) is 0 Å². The smallest absolute Gasteiger partial charge is 0.257 e. The van der Waals surface area contributed by atoms with E-state index < -0.39 is 9.84 Å². The van der Waals surface area contributed by atoms with E-state index >= 15 is 0 Å². The van der Waals surface area contributed by atoms with Crippen molar-refractivity contribution in [1.82, 2.24) is 4.98 Å². The summed E-state index contributed by atoms with van der Waals surface area (Å²) < 4.78 is 23.3. The Bertz CT molecular complexity index is 924. The first kappa shape index (κ1) is 18.4. The third kappa shape index (κ3) is 4.04. The van der Waals surface area contributed by atoms with Crippen LogP contribution >= 0.6 is 0 Å². The Kier molecular flexibility index (Phi) is 5.00. The first-order valence-electron chi connectivity index (χ1n) is 8.53. The third-order valence-electron chi connectivity index (χ3n) is 4.89. The van der Waals surface area contributed by atoms with Crippen LogP contribution in [0.5, 0.6) is 0 Å². The highest BCUT2D eigenvalue weighted by Crippen LogP contribution is 2.22. The van der Waals surface area contributed by atoms with Gasteiger partial charge in [-0.2, -0.15) is 0 Å². The van der Waals surface area contributed by atoms with Crippen molar-refractivity contribution in [2.75, 3.05) is 28.8 Å². The van der Waals surface area contributed by atoms with Gasteiger partial charge in [-0.05, 0) is 55.7 Å². The number of pyridine rings is 1. The van der Waals surface area contributed by atoms with E-state index in [1.54, 1.807) is 12.1 Å². The highest BCUT2D eigenvalue weighted by atomic mass is 32.2. The molecule has 26 heavy (non-hydrogen) atoms. The fourth-order valence-corrected chi connectivity index (χ4v) is 4.79. The molecule has 1 atom stereocenters. The number of carbonyl (C=O) groups is 1. The summed E-state index contributed by atoms with van der Waals surface area (Å²) in [6, 6.07) is 9.16. The van der Waals surface area contributed by atoms with E-state index in [4.69, 9.17) is 0 Å². The minimum absolute atomic E-state index is 0.0669. The summed E-state index contributed by atoms with van der Waals surface area (Å²) in [7, 11) is -1.11. The van der Waals surface area contributed by atoms with Gasteiger partial charge in [0.05, 0.1) is 17.1 Å². The number of hydrogen-bond donors (Lipinski definition) is 1. The number of sulfone groups is 1. The van der Waals surface area contributed by atoms with Crippen molar-refractivity contribution >= 4 is 27.2 Å². The van der Waals surface area contributed by atoms with Gasteiger partial charge in [0.25, 0.3) is 5.91 Å². The van der Waals surface area contributed by atoms with E-state index in [1.807, 2.05) is 44.0 Å². The molecule has 3 rings (SSSR count). The molecule has 1 aromatic heterocycles. The lowest BCUT2D eigenvalue weighted by Crippen LogP contribution is -2.33. The largest absolute Gasteiger partial charge is 0.356 e. The molecule has 2 aromatic rings. The monoisotopic (exact) mass is 373 g/mol. The number of aromatic nitrogens is 1. The Hall–Kier alpha value is -2.41. The van der Waals surface area contributed by atoms with Crippen LogP contribution in [0.15, 0.2) is 36.5 Å². The fourth-order valence-electron chi connectivity index (χ4n) is 3.02. The molecule has 1 unspecified atom stereocenters. The summed E-state index contributed by atoms with van der Waals surface area (Å²) in [5.74, 6) is 0.812. The maximum absolute atomic E-state index is 12.4. The number of carbonyl (C=O) groups excluding carboxylic acids is 1. The van der Waals surface area contributed by atoms with Crippen LogP contribution in [0, 0.1) is 13.8 Å². The minimum atomic E-state index is -2.94.